The van der Waals surface area contributed by atoms with Gasteiger partial charge in [-0.3, -0.25) is 4.79 Å². The summed E-state index contributed by atoms with van der Waals surface area (Å²) in [5.74, 6) is 1.61. The first-order valence-corrected chi connectivity index (χ1v) is 12.8. The summed E-state index contributed by atoms with van der Waals surface area (Å²) in [6, 6.07) is 16.3. The SMILES string of the molecule is C=CCCC1CCC(c2ccc(-c3ccc(CCCN(C)C(=O)C=C)cc3CC)cc2)CC1. The van der Waals surface area contributed by atoms with Crippen LogP contribution in [-0.4, -0.2) is 24.4 Å². The first-order valence-electron chi connectivity index (χ1n) is 12.8. The van der Waals surface area contributed by atoms with Crippen molar-refractivity contribution in [3.8, 4) is 11.1 Å². The number of hydrogen-bond donors (Lipinski definition) is 0. The Kier molecular flexibility index (Phi) is 9.54. The van der Waals surface area contributed by atoms with E-state index < -0.39 is 0 Å². The van der Waals surface area contributed by atoms with Crippen molar-refractivity contribution in [2.75, 3.05) is 13.6 Å². The van der Waals surface area contributed by atoms with E-state index in [0.717, 1.165) is 44.1 Å². The molecule has 0 aromatic heterocycles. The van der Waals surface area contributed by atoms with Gasteiger partial charge in [0.15, 0.2) is 0 Å². The quantitative estimate of drug-likeness (QED) is 0.257. The Bertz CT molecular complexity index is 918. The molecule has 2 aromatic rings. The molecular formula is C31H41NO. The summed E-state index contributed by atoms with van der Waals surface area (Å²) in [6.45, 7) is 10.4. The molecule has 0 N–H and O–H groups in total. The number of allylic oxidation sites excluding steroid dienone is 1. The van der Waals surface area contributed by atoms with E-state index in [0.29, 0.717) is 0 Å². The topological polar surface area (TPSA) is 20.3 Å². The number of rotatable bonds is 11. The van der Waals surface area contributed by atoms with Crippen molar-refractivity contribution in [2.24, 2.45) is 5.92 Å². The van der Waals surface area contributed by atoms with Crippen molar-refractivity contribution in [2.45, 2.75) is 70.6 Å². The second-order valence-electron chi connectivity index (χ2n) is 9.62. The Morgan fingerprint density at radius 1 is 1.06 bits per heavy atom. The predicted octanol–water partition coefficient (Wildman–Crippen LogP) is 7.73. The highest BCUT2D eigenvalue weighted by molar-refractivity contribution is 5.86. The fourth-order valence-corrected chi connectivity index (χ4v) is 5.24. The average Bonchev–Trinajstić information content (AvgIpc) is 2.87. The number of carbonyl (C=O) groups is 1. The van der Waals surface area contributed by atoms with Crippen LogP contribution < -0.4 is 0 Å². The molecule has 0 aliphatic heterocycles. The van der Waals surface area contributed by atoms with Crippen molar-refractivity contribution in [1.29, 1.82) is 0 Å². The fraction of sp³-hybridized carbons (Fsp3) is 0.452. The molecule has 0 bridgehead atoms. The molecule has 2 aromatic carbocycles. The number of nitrogens with zero attached hydrogens (tertiary/aromatic N) is 1. The van der Waals surface area contributed by atoms with Gasteiger partial charge in [-0.15, -0.1) is 6.58 Å². The monoisotopic (exact) mass is 443 g/mol. The third kappa shape index (κ3) is 6.93. The van der Waals surface area contributed by atoms with Gasteiger partial charge in [0.2, 0.25) is 5.91 Å². The lowest BCUT2D eigenvalue weighted by Gasteiger charge is -2.28. The van der Waals surface area contributed by atoms with Crippen LogP contribution in [0.1, 0.15) is 74.5 Å². The number of carbonyl (C=O) groups excluding carboxylic acids is 1. The fourth-order valence-electron chi connectivity index (χ4n) is 5.24. The molecule has 0 unspecified atom stereocenters. The summed E-state index contributed by atoms with van der Waals surface area (Å²) in [6.07, 6.45) is 14.3. The van der Waals surface area contributed by atoms with Crippen LogP contribution in [-0.2, 0) is 17.6 Å². The third-order valence-electron chi connectivity index (χ3n) is 7.38. The van der Waals surface area contributed by atoms with Crippen molar-refractivity contribution in [3.05, 3.63) is 84.5 Å². The molecule has 33 heavy (non-hydrogen) atoms. The molecule has 1 fully saturated rings. The van der Waals surface area contributed by atoms with Crippen LogP contribution in [0.5, 0.6) is 0 Å². The Hall–Kier alpha value is -2.61. The number of likely N-dealkylation sites (N-methyl/N-ethyl adjacent to an activating group) is 1. The second kappa shape index (κ2) is 12.6. The van der Waals surface area contributed by atoms with Gasteiger partial charge in [-0.25, -0.2) is 0 Å². The van der Waals surface area contributed by atoms with E-state index >= 15 is 0 Å². The number of hydrogen-bond acceptors (Lipinski definition) is 1. The first-order chi connectivity index (χ1) is 16.0. The van der Waals surface area contributed by atoms with E-state index in [4.69, 9.17) is 0 Å². The zero-order valence-electron chi connectivity index (χ0n) is 20.7. The van der Waals surface area contributed by atoms with Crippen molar-refractivity contribution < 1.29 is 4.79 Å². The van der Waals surface area contributed by atoms with Gasteiger partial charge in [-0.1, -0.05) is 62.0 Å². The lowest BCUT2D eigenvalue weighted by atomic mass is 9.77. The zero-order chi connectivity index (χ0) is 23.6. The minimum absolute atomic E-state index is 0.0104. The molecule has 2 heteroatoms. The summed E-state index contributed by atoms with van der Waals surface area (Å²) >= 11 is 0. The van der Waals surface area contributed by atoms with Gasteiger partial charge in [0, 0.05) is 13.6 Å². The van der Waals surface area contributed by atoms with Gasteiger partial charge in [0.05, 0.1) is 0 Å². The van der Waals surface area contributed by atoms with E-state index in [1.165, 1.54) is 66.0 Å². The predicted molar refractivity (Wildman–Crippen MR) is 142 cm³/mol. The van der Waals surface area contributed by atoms with Crippen LogP contribution in [0.4, 0.5) is 0 Å². The number of amides is 1. The summed E-state index contributed by atoms with van der Waals surface area (Å²) < 4.78 is 0. The van der Waals surface area contributed by atoms with Crippen molar-refractivity contribution in [1.82, 2.24) is 4.90 Å². The van der Waals surface area contributed by atoms with Crippen molar-refractivity contribution in [3.63, 3.8) is 0 Å². The van der Waals surface area contributed by atoms with Gasteiger partial charge >= 0.3 is 0 Å². The molecule has 1 amide bonds. The Labute approximate surface area is 201 Å². The summed E-state index contributed by atoms with van der Waals surface area (Å²) in [5.41, 5.74) is 6.92. The lowest BCUT2D eigenvalue weighted by Crippen LogP contribution is -2.25. The standard InChI is InChI=1S/C31H41NO/c1-5-8-10-24-12-15-27(16-13-24)28-17-19-29(20-18-28)30-21-14-25(23-26(30)6-2)11-9-22-32(4)31(33)7-3/h5,7,14,17-21,23-24,27H,1,3,6,8-13,15-16,22H2,2,4H3. The van der Waals surface area contributed by atoms with E-state index in [9.17, 15) is 4.79 Å². The molecule has 0 radical (unpaired) electrons. The van der Waals surface area contributed by atoms with Gasteiger partial charge < -0.3 is 4.90 Å². The Morgan fingerprint density at radius 3 is 2.42 bits per heavy atom. The molecule has 0 heterocycles. The van der Waals surface area contributed by atoms with Gasteiger partial charge in [-0.05, 0) is 104 Å². The van der Waals surface area contributed by atoms with E-state index in [1.54, 1.807) is 4.90 Å². The van der Waals surface area contributed by atoms with E-state index in [1.807, 2.05) is 7.05 Å². The highest BCUT2D eigenvalue weighted by Gasteiger charge is 2.22. The molecule has 1 saturated carbocycles. The van der Waals surface area contributed by atoms with E-state index in [-0.39, 0.29) is 5.91 Å². The van der Waals surface area contributed by atoms with E-state index in [2.05, 4.69) is 68.6 Å². The van der Waals surface area contributed by atoms with Gasteiger partial charge in [0.1, 0.15) is 0 Å². The highest BCUT2D eigenvalue weighted by atomic mass is 16.2. The molecule has 3 rings (SSSR count). The zero-order valence-corrected chi connectivity index (χ0v) is 20.7. The van der Waals surface area contributed by atoms with Crippen LogP contribution in [0.15, 0.2) is 67.8 Å². The molecular weight excluding hydrogens is 402 g/mol. The lowest BCUT2D eigenvalue weighted by molar-refractivity contribution is -0.124. The third-order valence-corrected chi connectivity index (χ3v) is 7.38. The number of benzene rings is 2. The Balaban J connectivity index is 1.60. The summed E-state index contributed by atoms with van der Waals surface area (Å²) in [7, 11) is 1.84. The molecule has 2 nitrogen and oxygen atoms in total. The largest absolute Gasteiger partial charge is 0.342 e. The average molecular weight is 444 g/mol. The van der Waals surface area contributed by atoms with Crippen LogP contribution >= 0.6 is 0 Å². The molecule has 1 aliphatic carbocycles. The van der Waals surface area contributed by atoms with Crippen LogP contribution in [0.3, 0.4) is 0 Å². The first kappa shape index (κ1) is 25.0. The van der Waals surface area contributed by atoms with Crippen LogP contribution in [0, 0.1) is 5.92 Å². The minimum atomic E-state index is -0.0104. The second-order valence-corrected chi connectivity index (χ2v) is 9.62. The van der Waals surface area contributed by atoms with Crippen LogP contribution in [0.2, 0.25) is 0 Å². The maximum atomic E-state index is 11.6. The van der Waals surface area contributed by atoms with Crippen molar-refractivity contribution >= 4 is 5.91 Å². The molecule has 0 atom stereocenters. The van der Waals surface area contributed by atoms with Crippen LogP contribution in [0.25, 0.3) is 11.1 Å². The summed E-state index contributed by atoms with van der Waals surface area (Å²) in [4.78, 5) is 13.4. The van der Waals surface area contributed by atoms with Gasteiger partial charge in [0.25, 0.3) is 0 Å². The molecule has 1 aliphatic rings. The summed E-state index contributed by atoms with van der Waals surface area (Å²) in [5, 5.41) is 0. The maximum absolute atomic E-state index is 11.6. The normalized spacial score (nSPS) is 18.0. The minimum Gasteiger partial charge on any atom is -0.342 e. The smallest absolute Gasteiger partial charge is 0.245 e. The highest BCUT2D eigenvalue weighted by Crippen LogP contribution is 2.38. The Morgan fingerprint density at radius 2 is 1.79 bits per heavy atom. The molecule has 176 valence electrons. The molecule has 0 spiro atoms. The number of aryl methyl sites for hydroxylation is 2. The molecule has 0 saturated heterocycles. The van der Waals surface area contributed by atoms with Gasteiger partial charge in [-0.2, -0.15) is 0 Å². The maximum Gasteiger partial charge on any atom is 0.245 e.